The Labute approximate surface area is 106 Å². The number of benzene rings is 1. The van der Waals surface area contributed by atoms with Crippen molar-refractivity contribution in [1.82, 2.24) is 4.98 Å². The highest BCUT2D eigenvalue weighted by Crippen LogP contribution is 2.17. The van der Waals surface area contributed by atoms with E-state index in [-0.39, 0.29) is 0 Å². The van der Waals surface area contributed by atoms with E-state index in [2.05, 4.69) is 24.0 Å². The number of aromatic nitrogens is 1. The second-order valence-corrected chi connectivity index (χ2v) is 4.29. The van der Waals surface area contributed by atoms with E-state index in [0.29, 0.717) is 12.1 Å². The quantitative estimate of drug-likeness (QED) is 0.898. The van der Waals surface area contributed by atoms with Crippen LogP contribution in [0.1, 0.15) is 29.8 Å². The first-order valence-corrected chi connectivity index (χ1v) is 6.06. The maximum atomic E-state index is 12.7. The highest BCUT2D eigenvalue weighted by molar-refractivity contribution is 5.24. The van der Waals surface area contributed by atoms with E-state index in [4.69, 9.17) is 0 Å². The van der Waals surface area contributed by atoms with Gasteiger partial charge in [-0.2, -0.15) is 0 Å². The van der Waals surface area contributed by atoms with E-state index in [1.54, 1.807) is 0 Å². The summed E-state index contributed by atoms with van der Waals surface area (Å²) in [4.78, 5) is 3.88. The molecule has 0 radical (unpaired) electrons. The van der Waals surface area contributed by atoms with Crippen molar-refractivity contribution in [2.75, 3.05) is 0 Å². The molecule has 0 bridgehead atoms. The van der Waals surface area contributed by atoms with Crippen LogP contribution in [0.25, 0.3) is 0 Å². The van der Waals surface area contributed by atoms with Gasteiger partial charge in [0.1, 0.15) is 5.82 Å². The minimum atomic E-state index is -0.696. The molecule has 1 unspecified atom stereocenters. The molecular formula is C15H16FNO. The first-order valence-electron chi connectivity index (χ1n) is 6.06. The van der Waals surface area contributed by atoms with Crippen LogP contribution in [0, 0.1) is 5.82 Å². The SMILES string of the molecule is CCc1ccc(CC(O)c2ccc(F)cn2)cc1. The molecule has 0 aliphatic rings. The molecule has 0 aliphatic heterocycles. The Bertz CT molecular complexity index is 493. The maximum absolute atomic E-state index is 12.7. The van der Waals surface area contributed by atoms with Crippen molar-refractivity contribution in [2.45, 2.75) is 25.9 Å². The van der Waals surface area contributed by atoms with Crippen LogP contribution in [0.2, 0.25) is 0 Å². The molecule has 2 aromatic rings. The van der Waals surface area contributed by atoms with Crippen LogP contribution in [0.5, 0.6) is 0 Å². The molecule has 1 N–H and O–H groups in total. The van der Waals surface area contributed by atoms with Gasteiger partial charge in [-0.15, -0.1) is 0 Å². The van der Waals surface area contributed by atoms with E-state index in [1.165, 1.54) is 17.7 Å². The highest BCUT2D eigenvalue weighted by atomic mass is 19.1. The Kier molecular flexibility index (Phi) is 4.05. The van der Waals surface area contributed by atoms with E-state index in [1.807, 2.05) is 12.1 Å². The molecule has 1 aromatic heterocycles. The van der Waals surface area contributed by atoms with Crippen molar-refractivity contribution < 1.29 is 9.50 Å². The largest absolute Gasteiger partial charge is 0.386 e. The lowest BCUT2D eigenvalue weighted by molar-refractivity contribution is 0.173. The topological polar surface area (TPSA) is 33.1 Å². The van der Waals surface area contributed by atoms with E-state index >= 15 is 0 Å². The summed E-state index contributed by atoms with van der Waals surface area (Å²) in [6.07, 6.45) is 1.92. The Morgan fingerprint density at radius 2 is 1.78 bits per heavy atom. The van der Waals surface area contributed by atoms with Crippen LogP contribution < -0.4 is 0 Å². The van der Waals surface area contributed by atoms with Gasteiger partial charge < -0.3 is 5.11 Å². The van der Waals surface area contributed by atoms with Crippen LogP contribution >= 0.6 is 0 Å². The number of aliphatic hydroxyl groups excluding tert-OH is 1. The fourth-order valence-corrected chi connectivity index (χ4v) is 1.82. The molecule has 0 aliphatic carbocycles. The van der Waals surface area contributed by atoms with Crippen LogP contribution in [-0.4, -0.2) is 10.1 Å². The van der Waals surface area contributed by atoms with Gasteiger partial charge in [-0.3, -0.25) is 4.98 Å². The van der Waals surface area contributed by atoms with Crippen molar-refractivity contribution in [1.29, 1.82) is 0 Å². The molecular weight excluding hydrogens is 229 g/mol. The van der Waals surface area contributed by atoms with Crippen LogP contribution in [0.4, 0.5) is 4.39 Å². The number of aryl methyl sites for hydroxylation is 1. The van der Waals surface area contributed by atoms with Crippen molar-refractivity contribution in [2.24, 2.45) is 0 Å². The third-order valence-electron chi connectivity index (χ3n) is 2.95. The molecule has 1 atom stereocenters. The molecule has 1 heterocycles. The van der Waals surface area contributed by atoms with Crippen LogP contribution in [0.15, 0.2) is 42.6 Å². The fourth-order valence-electron chi connectivity index (χ4n) is 1.82. The Morgan fingerprint density at radius 3 is 2.33 bits per heavy atom. The van der Waals surface area contributed by atoms with Crippen molar-refractivity contribution >= 4 is 0 Å². The molecule has 0 amide bonds. The number of aliphatic hydroxyl groups is 1. The van der Waals surface area contributed by atoms with Gasteiger partial charge in [0.25, 0.3) is 0 Å². The number of pyridine rings is 1. The summed E-state index contributed by atoms with van der Waals surface area (Å²) < 4.78 is 12.7. The smallest absolute Gasteiger partial charge is 0.141 e. The molecule has 0 fully saturated rings. The minimum Gasteiger partial charge on any atom is -0.386 e. The first-order chi connectivity index (χ1) is 8.69. The maximum Gasteiger partial charge on any atom is 0.141 e. The zero-order chi connectivity index (χ0) is 13.0. The highest BCUT2D eigenvalue weighted by Gasteiger charge is 2.10. The summed E-state index contributed by atoms with van der Waals surface area (Å²) in [5.74, 6) is -0.391. The normalized spacial score (nSPS) is 12.4. The van der Waals surface area contributed by atoms with E-state index in [0.717, 1.165) is 18.2 Å². The van der Waals surface area contributed by atoms with Gasteiger partial charge in [-0.05, 0) is 29.7 Å². The van der Waals surface area contributed by atoms with Crippen molar-refractivity contribution in [3.05, 3.63) is 65.2 Å². The van der Waals surface area contributed by atoms with Gasteiger partial charge in [0, 0.05) is 6.42 Å². The van der Waals surface area contributed by atoms with Crippen LogP contribution in [0.3, 0.4) is 0 Å². The van der Waals surface area contributed by atoms with Gasteiger partial charge >= 0.3 is 0 Å². The molecule has 2 nitrogen and oxygen atoms in total. The van der Waals surface area contributed by atoms with Gasteiger partial charge in [-0.1, -0.05) is 31.2 Å². The molecule has 2 rings (SSSR count). The lowest BCUT2D eigenvalue weighted by Crippen LogP contribution is -2.04. The number of halogens is 1. The predicted octanol–water partition coefficient (Wildman–Crippen LogP) is 3.06. The molecule has 3 heteroatoms. The van der Waals surface area contributed by atoms with Gasteiger partial charge in [0.2, 0.25) is 0 Å². The molecule has 0 saturated heterocycles. The monoisotopic (exact) mass is 245 g/mol. The second kappa shape index (κ2) is 5.74. The third-order valence-corrected chi connectivity index (χ3v) is 2.95. The zero-order valence-corrected chi connectivity index (χ0v) is 10.3. The minimum absolute atomic E-state index is 0.391. The molecule has 0 spiro atoms. The third kappa shape index (κ3) is 3.14. The predicted molar refractivity (Wildman–Crippen MR) is 68.7 cm³/mol. The summed E-state index contributed by atoms with van der Waals surface area (Å²) >= 11 is 0. The van der Waals surface area contributed by atoms with E-state index < -0.39 is 11.9 Å². The average Bonchev–Trinajstić information content (AvgIpc) is 2.40. The number of hydrogen-bond acceptors (Lipinski definition) is 2. The Balaban J connectivity index is 2.05. The van der Waals surface area contributed by atoms with Crippen molar-refractivity contribution in [3.63, 3.8) is 0 Å². The first kappa shape index (κ1) is 12.7. The Hall–Kier alpha value is -1.74. The number of hydrogen-bond donors (Lipinski definition) is 1. The number of rotatable bonds is 4. The summed E-state index contributed by atoms with van der Waals surface area (Å²) in [6.45, 7) is 2.10. The lowest BCUT2D eigenvalue weighted by atomic mass is 10.0. The lowest BCUT2D eigenvalue weighted by Gasteiger charge is -2.10. The Morgan fingerprint density at radius 1 is 1.11 bits per heavy atom. The van der Waals surface area contributed by atoms with Crippen LogP contribution in [-0.2, 0) is 12.8 Å². The second-order valence-electron chi connectivity index (χ2n) is 4.29. The van der Waals surface area contributed by atoms with E-state index in [9.17, 15) is 9.50 Å². The van der Waals surface area contributed by atoms with Gasteiger partial charge in [0.15, 0.2) is 0 Å². The molecule has 0 saturated carbocycles. The molecule has 1 aromatic carbocycles. The fraction of sp³-hybridized carbons (Fsp3) is 0.267. The van der Waals surface area contributed by atoms with Crippen molar-refractivity contribution in [3.8, 4) is 0 Å². The zero-order valence-electron chi connectivity index (χ0n) is 10.3. The van der Waals surface area contributed by atoms with Gasteiger partial charge in [-0.25, -0.2) is 4.39 Å². The molecule has 18 heavy (non-hydrogen) atoms. The van der Waals surface area contributed by atoms with Gasteiger partial charge in [0.05, 0.1) is 18.0 Å². The number of nitrogens with zero attached hydrogens (tertiary/aromatic N) is 1. The summed E-state index contributed by atoms with van der Waals surface area (Å²) in [6, 6.07) is 10.9. The summed E-state index contributed by atoms with van der Waals surface area (Å²) in [7, 11) is 0. The summed E-state index contributed by atoms with van der Waals surface area (Å²) in [5, 5.41) is 10.0. The average molecular weight is 245 g/mol. The summed E-state index contributed by atoms with van der Waals surface area (Å²) in [5.41, 5.74) is 2.81. The molecule has 94 valence electrons. The standard InChI is InChI=1S/C15H16FNO/c1-2-11-3-5-12(6-4-11)9-15(18)14-8-7-13(16)10-17-14/h3-8,10,15,18H,2,9H2,1H3.